The monoisotopic (exact) mass is 457 g/mol. The number of primary sulfonamides is 1. The molecule has 1 saturated heterocycles. The lowest BCUT2D eigenvalue weighted by Crippen LogP contribution is -2.35. The fourth-order valence-corrected chi connectivity index (χ4v) is 5.43. The Morgan fingerprint density at radius 3 is 2.48 bits per heavy atom. The Hall–Kier alpha value is -2.72. The van der Waals surface area contributed by atoms with E-state index in [0.29, 0.717) is 29.3 Å². The van der Waals surface area contributed by atoms with Crippen LogP contribution in [0, 0.1) is 6.92 Å². The molecule has 1 fully saturated rings. The number of nitrogens with two attached hydrogens (primary N) is 1. The number of carbonyl (C=O) groups excluding carboxylic acids is 1. The maximum absolute atomic E-state index is 13.0. The molecule has 3 aromatic rings. The van der Waals surface area contributed by atoms with Gasteiger partial charge in [0, 0.05) is 24.3 Å². The first kappa shape index (κ1) is 21.5. The number of aryl methyl sites for hydroxylation is 1. The van der Waals surface area contributed by atoms with E-state index in [-0.39, 0.29) is 10.8 Å². The van der Waals surface area contributed by atoms with Gasteiger partial charge in [0.25, 0.3) is 5.91 Å². The molecule has 162 valence electrons. The van der Waals surface area contributed by atoms with Crippen LogP contribution < -0.4 is 15.4 Å². The van der Waals surface area contributed by atoms with Crippen molar-refractivity contribution in [3.05, 3.63) is 65.0 Å². The number of amides is 1. The third kappa shape index (κ3) is 4.80. The predicted octanol–water partition coefficient (Wildman–Crippen LogP) is 3.46. The highest BCUT2D eigenvalue weighted by atomic mass is 32.2. The summed E-state index contributed by atoms with van der Waals surface area (Å²) in [6.45, 7) is 4.47. The number of hydrogen-bond acceptors (Lipinski definition) is 6. The first-order chi connectivity index (χ1) is 14.8. The van der Waals surface area contributed by atoms with Crippen molar-refractivity contribution >= 4 is 38.0 Å². The predicted molar refractivity (Wildman–Crippen MR) is 123 cm³/mol. The summed E-state index contributed by atoms with van der Waals surface area (Å²) in [6.07, 6.45) is 0. The number of nitrogens with zero attached hydrogens (tertiary/aromatic N) is 1. The summed E-state index contributed by atoms with van der Waals surface area (Å²) < 4.78 is 29.1. The van der Waals surface area contributed by atoms with Crippen molar-refractivity contribution in [3.63, 3.8) is 0 Å². The van der Waals surface area contributed by atoms with E-state index in [1.807, 2.05) is 36.4 Å². The number of rotatable bonds is 5. The average Bonchev–Trinajstić information content (AvgIpc) is 3.21. The van der Waals surface area contributed by atoms with E-state index in [4.69, 9.17) is 9.88 Å². The molecule has 0 unspecified atom stereocenters. The van der Waals surface area contributed by atoms with Gasteiger partial charge in [0.15, 0.2) is 0 Å². The largest absolute Gasteiger partial charge is 0.378 e. The van der Waals surface area contributed by atoms with Crippen molar-refractivity contribution in [3.8, 4) is 11.1 Å². The van der Waals surface area contributed by atoms with Crippen molar-refractivity contribution in [1.29, 1.82) is 0 Å². The van der Waals surface area contributed by atoms with Crippen molar-refractivity contribution in [2.75, 3.05) is 36.5 Å². The van der Waals surface area contributed by atoms with Gasteiger partial charge in [-0.2, -0.15) is 0 Å². The van der Waals surface area contributed by atoms with E-state index in [9.17, 15) is 13.2 Å². The minimum absolute atomic E-state index is 0.00420. The van der Waals surface area contributed by atoms with Gasteiger partial charge in [-0.1, -0.05) is 36.4 Å². The van der Waals surface area contributed by atoms with Gasteiger partial charge in [-0.3, -0.25) is 4.79 Å². The summed E-state index contributed by atoms with van der Waals surface area (Å²) in [5.74, 6) is -0.300. The average molecular weight is 458 g/mol. The Morgan fingerprint density at radius 1 is 1.10 bits per heavy atom. The molecule has 2 aromatic carbocycles. The highest BCUT2D eigenvalue weighted by molar-refractivity contribution is 7.89. The number of nitrogens with one attached hydrogen (secondary N) is 1. The molecular weight excluding hydrogens is 434 g/mol. The lowest BCUT2D eigenvalue weighted by Gasteiger charge is -2.28. The standard InChI is InChI=1S/C22H23N3O4S2/c1-15-7-8-17(13-20(15)31(23,27)28)24-21(26)19-14-18(16-5-3-2-4-6-16)22(30-19)25-9-11-29-12-10-25/h2-8,13-14H,9-12H2,1H3,(H,24,26)(H2,23,27,28). The minimum Gasteiger partial charge on any atom is -0.378 e. The number of benzene rings is 2. The first-order valence-corrected chi connectivity index (χ1v) is 12.2. The number of hydrogen-bond donors (Lipinski definition) is 2. The van der Waals surface area contributed by atoms with E-state index in [2.05, 4.69) is 10.2 Å². The van der Waals surface area contributed by atoms with Crippen LogP contribution in [-0.4, -0.2) is 40.6 Å². The third-order valence-corrected chi connectivity index (χ3v) is 7.32. The van der Waals surface area contributed by atoms with Crippen LogP contribution in [0.25, 0.3) is 11.1 Å². The fraction of sp³-hybridized carbons (Fsp3) is 0.227. The van der Waals surface area contributed by atoms with Crippen LogP contribution in [0.4, 0.5) is 10.7 Å². The van der Waals surface area contributed by atoms with Crippen LogP contribution in [0.3, 0.4) is 0 Å². The number of sulfonamides is 1. The van der Waals surface area contributed by atoms with E-state index < -0.39 is 10.0 Å². The zero-order valence-corrected chi connectivity index (χ0v) is 18.6. The van der Waals surface area contributed by atoms with Crippen molar-refractivity contribution < 1.29 is 17.9 Å². The molecule has 4 rings (SSSR count). The zero-order valence-electron chi connectivity index (χ0n) is 17.0. The molecular formula is C22H23N3O4S2. The van der Waals surface area contributed by atoms with Crippen molar-refractivity contribution in [2.45, 2.75) is 11.8 Å². The lowest BCUT2D eigenvalue weighted by molar-refractivity contribution is 0.103. The van der Waals surface area contributed by atoms with Crippen molar-refractivity contribution in [1.82, 2.24) is 0 Å². The number of thiophene rings is 1. The Balaban J connectivity index is 1.67. The topological polar surface area (TPSA) is 102 Å². The Kier molecular flexibility index (Phi) is 6.10. The van der Waals surface area contributed by atoms with Gasteiger partial charge in [-0.25, -0.2) is 13.6 Å². The molecule has 1 aliphatic heterocycles. The molecule has 9 heteroatoms. The molecule has 31 heavy (non-hydrogen) atoms. The number of carbonyl (C=O) groups is 1. The molecule has 3 N–H and O–H groups in total. The van der Waals surface area contributed by atoms with E-state index in [1.54, 1.807) is 19.1 Å². The van der Waals surface area contributed by atoms with Gasteiger partial charge in [-0.15, -0.1) is 11.3 Å². The summed E-state index contributed by atoms with van der Waals surface area (Å²) >= 11 is 1.42. The van der Waals surface area contributed by atoms with Crippen LogP contribution in [0.1, 0.15) is 15.2 Å². The van der Waals surface area contributed by atoms with Crippen LogP contribution >= 0.6 is 11.3 Å². The van der Waals surface area contributed by atoms with E-state index >= 15 is 0 Å². The molecule has 1 aliphatic rings. The summed E-state index contributed by atoms with van der Waals surface area (Å²) in [4.78, 5) is 15.8. The Morgan fingerprint density at radius 2 is 1.81 bits per heavy atom. The van der Waals surface area contributed by atoms with E-state index in [1.165, 1.54) is 17.4 Å². The quantitative estimate of drug-likeness (QED) is 0.611. The molecule has 0 aliphatic carbocycles. The number of anilines is 2. The van der Waals surface area contributed by atoms with Crippen LogP contribution in [-0.2, 0) is 14.8 Å². The SMILES string of the molecule is Cc1ccc(NC(=O)c2cc(-c3ccccc3)c(N3CCOCC3)s2)cc1S(N)(=O)=O. The molecule has 0 atom stereocenters. The molecule has 7 nitrogen and oxygen atoms in total. The lowest BCUT2D eigenvalue weighted by atomic mass is 10.1. The van der Waals surface area contributed by atoms with Gasteiger partial charge in [0.2, 0.25) is 10.0 Å². The van der Waals surface area contributed by atoms with Gasteiger partial charge in [0.05, 0.1) is 28.0 Å². The molecule has 0 spiro atoms. The smallest absolute Gasteiger partial charge is 0.265 e. The first-order valence-electron chi connectivity index (χ1n) is 9.80. The highest BCUT2D eigenvalue weighted by Crippen LogP contribution is 2.39. The molecule has 2 heterocycles. The molecule has 0 radical (unpaired) electrons. The second-order valence-electron chi connectivity index (χ2n) is 7.27. The Labute approximate surface area is 185 Å². The zero-order chi connectivity index (χ0) is 22.0. The molecule has 0 saturated carbocycles. The summed E-state index contributed by atoms with van der Waals surface area (Å²) in [5.41, 5.74) is 2.93. The summed E-state index contributed by atoms with van der Waals surface area (Å²) in [5, 5.41) is 9.11. The molecule has 1 amide bonds. The van der Waals surface area contributed by atoms with Gasteiger partial charge in [-0.05, 0) is 36.2 Å². The second kappa shape index (κ2) is 8.80. The van der Waals surface area contributed by atoms with Crippen molar-refractivity contribution in [2.24, 2.45) is 5.14 Å². The summed E-state index contributed by atoms with van der Waals surface area (Å²) in [6, 6.07) is 16.5. The van der Waals surface area contributed by atoms with Gasteiger partial charge >= 0.3 is 0 Å². The summed E-state index contributed by atoms with van der Waals surface area (Å²) in [7, 11) is -3.88. The fourth-order valence-electron chi connectivity index (χ4n) is 3.50. The third-order valence-electron chi connectivity index (χ3n) is 5.07. The van der Waals surface area contributed by atoms with Gasteiger partial charge < -0.3 is 15.0 Å². The van der Waals surface area contributed by atoms with Gasteiger partial charge in [0.1, 0.15) is 0 Å². The van der Waals surface area contributed by atoms with Crippen LogP contribution in [0.15, 0.2) is 59.5 Å². The number of morpholine rings is 1. The molecule has 1 aromatic heterocycles. The number of ether oxygens (including phenoxy) is 1. The van der Waals surface area contributed by atoms with Crippen LogP contribution in [0.5, 0.6) is 0 Å². The minimum atomic E-state index is -3.88. The normalized spacial score (nSPS) is 14.5. The molecule has 0 bridgehead atoms. The second-order valence-corrected chi connectivity index (χ2v) is 9.83. The highest BCUT2D eigenvalue weighted by Gasteiger charge is 2.22. The maximum atomic E-state index is 13.0. The van der Waals surface area contributed by atoms with Crippen LogP contribution in [0.2, 0.25) is 0 Å². The Bertz CT molecular complexity index is 1200. The maximum Gasteiger partial charge on any atom is 0.265 e. The van der Waals surface area contributed by atoms with E-state index in [0.717, 1.165) is 29.2 Å².